The molecular formula is C15H19N3O2. The molecule has 0 aliphatic carbocycles. The molecule has 1 fully saturated rings. The molecule has 0 atom stereocenters. The zero-order chi connectivity index (χ0) is 14.6. The fraction of sp³-hybridized carbons (Fsp3) is 0.467. The van der Waals surface area contributed by atoms with Gasteiger partial charge in [0, 0.05) is 18.8 Å². The van der Waals surface area contributed by atoms with Gasteiger partial charge >= 0.3 is 0 Å². The van der Waals surface area contributed by atoms with E-state index in [1.54, 1.807) is 24.3 Å². The molecule has 0 aromatic heterocycles. The molecule has 0 spiro atoms. The Kier molecular flexibility index (Phi) is 4.38. The summed E-state index contributed by atoms with van der Waals surface area (Å²) in [6, 6.07) is 8.97. The number of morpholine rings is 1. The highest BCUT2D eigenvalue weighted by atomic mass is 16.5. The van der Waals surface area contributed by atoms with E-state index in [-0.39, 0.29) is 11.5 Å². The van der Waals surface area contributed by atoms with E-state index in [0.717, 1.165) is 13.1 Å². The molecule has 1 aromatic carbocycles. The van der Waals surface area contributed by atoms with Crippen LogP contribution in [0.1, 0.15) is 19.4 Å². The molecule has 1 amide bonds. The summed E-state index contributed by atoms with van der Waals surface area (Å²) in [5.41, 5.74) is 0.982. The second-order valence-corrected chi connectivity index (χ2v) is 5.56. The van der Waals surface area contributed by atoms with Gasteiger partial charge < -0.3 is 10.1 Å². The Bertz CT molecular complexity index is 534. The number of hydrogen-bond acceptors (Lipinski definition) is 4. The highest BCUT2D eigenvalue weighted by Crippen LogP contribution is 2.16. The van der Waals surface area contributed by atoms with Gasteiger partial charge in [-0.05, 0) is 32.0 Å². The van der Waals surface area contributed by atoms with Crippen LogP contribution in [0.25, 0.3) is 0 Å². The van der Waals surface area contributed by atoms with Crippen LogP contribution in [0.3, 0.4) is 0 Å². The summed E-state index contributed by atoms with van der Waals surface area (Å²) < 4.78 is 5.62. The summed E-state index contributed by atoms with van der Waals surface area (Å²) in [4.78, 5) is 14.1. The van der Waals surface area contributed by atoms with Gasteiger partial charge in [0.1, 0.15) is 0 Å². The third-order valence-corrected chi connectivity index (χ3v) is 3.15. The number of rotatable bonds is 3. The first-order valence-corrected chi connectivity index (χ1v) is 6.65. The topological polar surface area (TPSA) is 65.4 Å². The Labute approximate surface area is 119 Å². The van der Waals surface area contributed by atoms with Crippen molar-refractivity contribution < 1.29 is 9.53 Å². The number of carbonyl (C=O) groups is 1. The molecule has 0 unspecified atom stereocenters. The van der Waals surface area contributed by atoms with Gasteiger partial charge in [-0.2, -0.15) is 5.26 Å². The molecule has 1 aromatic rings. The van der Waals surface area contributed by atoms with Crippen molar-refractivity contribution in [2.45, 2.75) is 19.4 Å². The monoisotopic (exact) mass is 273 g/mol. The first-order valence-electron chi connectivity index (χ1n) is 6.65. The van der Waals surface area contributed by atoms with E-state index >= 15 is 0 Å². The largest absolute Gasteiger partial charge is 0.373 e. The van der Waals surface area contributed by atoms with Crippen molar-refractivity contribution in [2.75, 3.05) is 31.6 Å². The zero-order valence-electron chi connectivity index (χ0n) is 11.8. The van der Waals surface area contributed by atoms with Crippen LogP contribution in [-0.2, 0) is 9.53 Å². The van der Waals surface area contributed by atoms with Gasteiger partial charge in [0.2, 0.25) is 5.91 Å². The van der Waals surface area contributed by atoms with Crippen LogP contribution < -0.4 is 5.32 Å². The second-order valence-electron chi connectivity index (χ2n) is 5.56. The highest BCUT2D eigenvalue weighted by Gasteiger charge is 2.28. The minimum atomic E-state index is -0.209. The summed E-state index contributed by atoms with van der Waals surface area (Å²) in [5, 5.41) is 11.6. The quantitative estimate of drug-likeness (QED) is 0.908. The maximum absolute atomic E-state index is 12.0. The first-order chi connectivity index (χ1) is 9.48. The Morgan fingerprint density at radius 2 is 2.35 bits per heavy atom. The fourth-order valence-electron chi connectivity index (χ4n) is 2.32. The number of amides is 1. The van der Waals surface area contributed by atoms with Gasteiger partial charge in [-0.3, -0.25) is 9.69 Å². The smallest absolute Gasteiger partial charge is 0.238 e. The number of hydrogen-bond donors (Lipinski definition) is 1. The fourth-order valence-corrected chi connectivity index (χ4v) is 2.32. The van der Waals surface area contributed by atoms with Crippen molar-refractivity contribution in [1.82, 2.24) is 4.90 Å². The molecule has 20 heavy (non-hydrogen) atoms. The van der Waals surface area contributed by atoms with Crippen LogP contribution in [-0.4, -0.2) is 42.6 Å². The van der Waals surface area contributed by atoms with E-state index in [1.807, 2.05) is 13.8 Å². The Hall–Kier alpha value is -1.90. The minimum absolute atomic E-state index is 0.0715. The third-order valence-electron chi connectivity index (χ3n) is 3.15. The Balaban J connectivity index is 1.90. The predicted octanol–water partition coefficient (Wildman–Crippen LogP) is 1.61. The van der Waals surface area contributed by atoms with Gasteiger partial charge in [0.15, 0.2) is 0 Å². The van der Waals surface area contributed by atoms with E-state index in [2.05, 4.69) is 16.3 Å². The summed E-state index contributed by atoms with van der Waals surface area (Å²) in [7, 11) is 0. The number of benzene rings is 1. The molecule has 5 heteroatoms. The highest BCUT2D eigenvalue weighted by molar-refractivity contribution is 5.92. The van der Waals surface area contributed by atoms with Crippen LogP contribution in [0, 0.1) is 11.3 Å². The number of carbonyl (C=O) groups excluding carboxylic acids is 1. The lowest BCUT2D eigenvalue weighted by molar-refractivity contribution is -0.122. The maximum Gasteiger partial charge on any atom is 0.238 e. The molecule has 2 rings (SSSR count). The second kappa shape index (κ2) is 6.04. The van der Waals surface area contributed by atoms with Gasteiger partial charge in [0.25, 0.3) is 0 Å². The first kappa shape index (κ1) is 14.5. The molecule has 1 aliphatic heterocycles. The molecular weight excluding hydrogens is 254 g/mol. The van der Waals surface area contributed by atoms with Crippen LogP contribution in [0.15, 0.2) is 24.3 Å². The Morgan fingerprint density at radius 1 is 1.55 bits per heavy atom. The lowest BCUT2D eigenvalue weighted by atomic mass is 10.1. The molecule has 106 valence electrons. The molecule has 5 nitrogen and oxygen atoms in total. The van der Waals surface area contributed by atoms with Gasteiger partial charge in [-0.25, -0.2) is 0 Å². The lowest BCUT2D eigenvalue weighted by Crippen LogP contribution is -2.50. The third kappa shape index (κ3) is 4.05. The zero-order valence-corrected chi connectivity index (χ0v) is 11.8. The molecule has 0 bridgehead atoms. The van der Waals surface area contributed by atoms with Crippen LogP contribution in [0.2, 0.25) is 0 Å². The van der Waals surface area contributed by atoms with Crippen molar-refractivity contribution in [3.8, 4) is 6.07 Å². The van der Waals surface area contributed by atoms with Crippen LogP contribution in [0.5, 0.6) is 0 Å². The molecule has 1 N–H and O–H groups in total. The van der Waals surface area contributed by atoms with Crippen LogP contribution >= 0.6 is 0 Å². The average molecular weight is 273 g/mol. The number of nitrogens with zero attached hydrogens (tertiary/aromatic N) is 2. The van der Waals surface area contributed by atoms with Gasteiger partial charge in [-0.15, -0.1) is 0 Å². The molecule has 0 radical (unpaired) electrons. The molecule has 1 aliphatic rings. The van der Waals surface area contributed by atoms with Crippen molar-refractivity contribution in [3.63, 3.8) is 0 Å². The SMILES string of the molecule is CC1(C)CN(CC(=O)Nc2cccc(C#N)c2)CCO1. The summed E-state index contributed by atoms with van der Waals surface area (Å²) in [6.07, 6.45) is 0. The standard InChI is InChI=1S/C15H19N3O2/c1-15(2)11-18(6-7-20-15)10-14(19)17-13-5-3-4-12(8-13)9-16/h3-5,8H,6-7,10-11H2,1-2H3,(H,17,19). The van der Waals surface area contributed by atoms with Gasteiger partial charge in [-0.1, -0.05) is 6.07 Å². The van der Waals surface area contributed by atoms with Gasteiger partial charge in [0.05, 0.1) is 30.4 Å². The normalized spacial score (nSPS) is 18.2. The van der Waals surface area contributed by atoms with E-state index in [9.17, 15) is 4.79 Å². The van der Waals surface area contributed by atoms with Crippen LogP contribution in [0.4, 0.5) is 5.69 Å². The van der Waals surface area contributed by atoms with E-state index in [0.29, 0.717) is 24.4 Å². The number of nitriles is 1. The molecule has 1 heterocycles. The Morgan fingerprint density at radius 3 is 3.05 bits per heavy atom. The molecule has 1 saturated heterocycles. The summed E-state index contributed by atoms with van der Waals surface area (Å²) >= 11 is 0. The maximum atomic E-state index is 12.0. The van der Waals surface area contributed by atoms with E-state index in [4.69, 9.17) is 10.00 Å². The van der Waals surface area contributed by atoms with Crippen molar-refractivity contribution >= 4 is 11.6 Å². The predicted molar refractivity (Wildman–Crippen MR) is 76.3 cm³/mol. The number of nitrogens with one attached hydrogen (secondary N) is 1. The van der Waals surface area contributed by atoms with Crippen molar-refractivity contribution in [1.29, 1.82) is 5.26 Å². The number of ether oxygens (including phenoxy) is 1. The summed E-state index contributed by atoms with van der Waals surface area (Å²) in [6.45, 7) is 6.52. The van der Waals surface area contributed by atoms with Crippen molar-refractivity contribution in [2.24, 2.45) is 0 Å². The van der Waals surface area contributed by atoms with E-state index < -0.39 is 0 Å². The number of anilines is 1. The summed E-state index contributed by atoms with van der Waals surface area (Å²) in [5.74, 6) is -0.0715. The average Bonchev–Trinajstić information content (AvgIpc) is 2.37. The van der Waals surface area contributed by atoms with Crippen molar-refractivity contribution in [3.05, 3.63) is 29.8 Å². The lowest BCUT2D eigenvalue weighted by Gasteiger charge is -2.37. The molecule has 0 saturated carbocycles. The van der Waals surface area contributed by atoms with E-state index in [1.165, 1.54) is 0 Å². The minimum Gasteiger partial charge on any atom is -0.373 e.